The van der Waals surface area contributed by atoms with Crippen LogP contribution in [0.1, 0.15) is 41.7 Å². The molecule has 0 N–H and O–H groups in total. The van der Waals surface area contributed by atoms with E-state index in [1.54, 1.807) is 0 Å². The Morgan fingerprint density at radius 1 is 0.618 bits per heavy atom. The zero-order valence-corrected chi connectivity index (χ0v) is 30.8. The second-order valence-corrected chi connectivity index (χ2v) is 14.0. The van der Waals surface area contributed by atoms with Crippen LogP contribution in [0.3, 0.4) is 0 Å². The Morgan fingerprint density at radius 2 is 1.31 bits per heavy atom. The molecule has 0 aliphatic rings. The van der Waals surface area contributed by atoms with Crippen LogP contribution in [0.2, 0.25) is 0 Å². The Hall–Kier alpha value is -7.34. The van der Waals surface area contributed by atoms with Gasteiger partial charge in [-0.05, 0) is 137 Å². The first kappa shape index (κ1) is 33.5. The molecule has 0 fully saturated rings. The maximum Gasteiger partial charge on any atom is 0.146 e. The lowest BCUT2D eigenvalue weighted by Crippen LogP contribution is -2.01. The molecule has 2 aromatic heterocycles. The summed E-state index contributed by atoms with van der Waals surface area (Å²) < 4.78 is 2.18. The predicted molar refractivity (Wildman–Crippen MR) is 226 cm³/mol. The maximum atomic E-state index is 9.81. The van der Waals surface area contributed by atoms with E-state index in [4.69, 9.17) is 9.98 Å². The Labute approximate surface area is 319 Å². The van der Waals surface area contributed by atoms with Gasteiger partial charge in [-0.1, -0.05) is 85.8 Å². The average molecular weight is 706 g/mol. The Balaban J connectivity index is 1.20. The standard InChI is InChI=1S/C50H35N5/c1-4-35-24-33(29-51)16-20-41(35)44-27-38(18-22-40(44)32(3)53-46-13-6-5-10-31(46)2)36-11-9-12-37(26-36)39-19-23-43-45(28-39)42-21-17-34(30-52)25-49(42)55-48-15-8-7-14-47(48)54-50(43)55/h5-28H,4H2,1-3H3/b53-32+. The highest BCUT2D eigenvalue weighted by Crippen LogP contribution is 2.38. The van der Waals surface area contributed by atoms with Crippen LogP contribution >= 0.6 is 0 Å². The van der Waals surface area contributed by atoms with Crippen LogP contribution in [0.25, 0.3) is 71.7 Å². The number of imidazole rings is 1. The summed E-state index contributed by atoms with van der Waals surface area (Å²) in [7, 11) is 0. The summed E-state index contributed by atoms with van der Waals surface area (Å²) in [5, 5.41) is 22.7. The van der Waals surface area contributed by atoms with E-state index in [-0.39, 0.29) is 0 Å². The number of nitriles is 2. The summed E-state index contributed by atoms with van der Waals surface area (Å²) in [6.07, 6.45) is 0.799. The molecule has 0 bridgehead atoms. The number of pyridine rings is 1. The number of aliphatic imine (C=N–C) groups is 1. The number of fused-ring (bicyclic) bond motifs is 8. The van der Waals surface area contributed by atoms with Crippen molar-refractivity contribution >= 4 is 49.8 Å². The van der Waals surface area contributed by atoms with Crippen molar-refractivity contribution in [2.24, 2.45) is 4.99 Å². The highest BCUT2D eigenvalue weighted by Gasteiger charge is 2.17. The quantitative estimate of drug-likeness (QED) is 0.128. The second kappa shape index (κ2) is 13.6. The first-order valence-corrected chi connectivity index (χ1v) is 18.5. The van der Waals surface area contributed by atoms with Gasteiger partial charge in [0, 0.05) is 22.0 Å². The third kappa shape index (κ3) is 5.80. The molecule has 0 radical (unpaired) electrons. The van der Waals surface area contributed by atoms with Crippen LogP contribution in [0.4, 0.5) is 5.69 Å². The van der Waals surface area contributed by atoms with Crippen molar-refractivity contribution < 1.29 is 0 Å². The molecule has 0 amide bonds. The summed E-state index contributed by atoms with van der Waals surface area (Å²) in [5.74, 6) is 0. The molecule has 0 aliphatic carbocycles. The third-order valence-electron chi connectivity index (χ3n) is 10.7. The monoisotopic (exact) mass is 705 g/mol. The molecule has 0 saturated carbocycles. The average Bonchev–Trinajstić information content (AvgIpc) is 3.64. The number of aryl methyl sites for hydroxylation is 2. The lowest BCUT2D eigenvalue weighted by atomic mass is 9.88. The van der Waals surface area contributed by atoms with E-state index in [1.165, 1.54) is 0 Å². The molecular formula is C50H35N5. The van der Waals surface area contributed by atoms with Crippen LogP contribution < -0.4 is 0 Å². The molecule has 55 heavy (non-hydrogen) atoms. The minimum absolute atomic E-state index is 0.615. The SMILES string of the molecule is CCc1cc(C#N)ccc1-c1cc(-c2cccc(-c3ccc4c(c3)c3ccc(C#N)cc3n3c5ccccc5nc43)c2)ccc1/C(C)=N/c1ccccc1C. The summed E-state index contributed by atoms with van der Waals surface area (Å²) in [6, 6.07) is 54.9. The van der Waals surface area contributed by atoms with E-state index >= 15 is 0 Å². The van der Waals surface area contributed by atoms with Crippen LogP contribution in [0.5, 0.6) is 0 Å². The van der Waals surface area contributed by atoms with Gasteiger partial charge in [0.2, 0.25) is 0 Å². The van der Waals surface area contributed by atoms with Crippen molar-refractivity contribution in [3.05, 3.63) is 173 Å². The predicted octanol–water partition coefficient (Wildman–Crippen LogP) is 12.5. The lowest BCUT2D eigenvalue weighted by Gasteiger charge is -2.17. The van der Waals surface area contributed by atoms with Crippen molar-refractivity contribution in [2.45, 2.75) is 27.2 Å². The number of rotatable bonds is 6. The second-order valence-electron chi connectivity index (χ2n) is 14.0. The van der Waals surface area contributed by atoms with Crippen LogP contribution in [0, 0.1) is 29.6 Å². The summed E-state index contributed by atoms with van der Waals surface area (Å²) in [5.41, 5.74) is 16.8. The van der Waals surface area contributed by atoms with E-state index < -0.39 is 0 Å². The van der Waals surface area contributed by atoms with Gasteiger partial charge >= 0.3 is 0 Å². The minimum atomic E-state index is 0.615. The molecule has 260 valence electrons. The Morgan fingerprint density at radius 3 is 2.11 bits per heavy atom. The first-order valence-electron chi connectivity index (χ1n) is 18.5. The molecule has 9 aromatic rings. The van der Waals surface area contributed by atoms with Gasteiger partial charge < -0.3 is 0 Å². The van der Waals surface area contributed by atoms with Crippen molar-refractivity contribution in [1.82, 2.24) is 9.38 Å². The molecular weight excluding hydrogens is 671 g/mol. The summed E-state index contributed by atoms with van der Waals surface area (Å²) >= 11 is 0. The number of aromatic nitrogens is 2. The zero-order chi connectivity index (χ0) is 37.6. The van der Waals surface area contributed by atoms with Crippen molar-refractivity contribution in [3.63, 3.8) is 0 Å². The number of benzene rings is 7. The number of hydrogen-bond donors (Lipinski definition) is 0. The molecule has 0 saturated heterocycles. The summed E-state index contributed by atoms with van der Waals surface area (Å²) in [6.45, 7) is 6.29. The molecule has 0 aliphatic heterocycles. The lowest BCUT2D eigenvalue weighted by molar-refractivity contribution is 1.14. The van der Waals surface area contributed by atoms with Gasteiger partial charge in [0.1, 0.15) is 5.65 Å². The van der Waals surface area contributed by atoms with Crippen LogP contribution in [0.15, 0.2) is 151 Å². The third-order valence-corrected chi connectivity index (χ3v) is 10.7. The van der Waals surface area contributed by atoms with Gasteiger partial charge in [-0.2, -0.15) is 10.5 Å². The fraction of sp³-hybridized carbons (Fsp3) is 0.0800. The molecule has 9 rings (SSSR count). The zero-order valence-electron chi connectivity index (χ0n) is 30.8. The van der Waals surface area contributed by atoms with E-state index in [2.05, 4.69) is 128 Å². The normalized spacial score (nSPS) is 11.7. The van der Waals surface area contributed by atoms with E-state index in [0.717, 1.165) is 106 Å². The smallest absolute Gasteiger partial charge is 0.146 e. The van der Waals surface area contributed by atoms with Crippen LogP contribution in [-0.2, 0) is 6.42 Å². The maximum absolute atomic E-state index is 9.81. The minimum Gasteiger partial charge on any atom is -0.292 e. The Kier molecular flexibility index (Phi) is 8.27. The first-order chi connectivity index (χ1) is 26.9. The van der Waals surface area contributed by atoms with E-state index in [0.29, 0.717) is 11.1 Å². The van der Waals surface area contributed by atoms with Crippen molar-refractivity contribution in [2.75, 3.05) is 0 Å². The van der Waals surface area contributed by atoms with Gasteiger partial charge in [-0.3, -0.25) is 9.39 Å². The number of nitrogens with zero attached hydrogens (tertiary/aromatic N) is 5. The van der Waals surface area contributed by atoms with E-state index in [1.807, 2.05) is 54.6 Å². The van der Waals surface area contributed by atoms with Crippen LogP contribution in [-0.4, -0.2) is 15.1 Å². The van der Waals surface area contributed by atoms with Gasteiger partial charge in [0.15, 0.2) is 0 Å². The van der Waals surface area contributed by atoms with Crippen molar-refractivity contribution in [1.29, 1.82) is 10.5 Å². The molecule has 5 nitrogen and oxygen atoms in total. The number of para-hydroxylation sites is 3. The van der Waals surface area contributed by atoms with Crippen molar-refractivity contribution in [3.8, 4) is 45.5 Å². The molecule has 7 aromatic carbocycles. The largest absolute Gasteiger partial charge is 0.292 e. The van der Waals surface area contributed by atoms with Gasteiger partial charge in [0.25, 0.3) is 0 Å². The number of hydrogen-bond acceptors (Lipinski definition) is 4. The fourth-order valence-corrected chi connectivity index (χ4v) is 7.89. The summed E-state index contributed by atoms with van der Waals surface area (Å²) in [4.78, 5) is 10.2. The molecule has 2 heterocycles. The molecule has 0 atom stereocenters. The highest BCUT2D eigenvalue weighted by molar-refractivity contribution is 6.15. The van der Waals surface area contributed by atoms with Gasteiger partial charge in [-0.15, -0.1) is 0 Å². The fourth-order valence-electron chi connectivity index (χ4n) is 7.89. The van der Waals surface area contributed by atoms with E-state index in [9.17, 15) is 10.5 Å². The Bertz CT molecular complexity index is 3130. The van der Waals surface area contributed by atoms with Gasteiger partial charge in [-0.25, -0.2) is 4.98 Å². The molecule has 5 heteroatoms. The molecule has 0 spiro atoms. The molecule has 0 unspecified atom stereocenters. The van der Waals surface area contributed by atoms with Gasteiger partial charge in [0.05, 0.1) is 45.5 Å². The topological polar surface area (TPSA) is 77.2 Å². The highest BCUT2D eigenvalue weighted by atomic mass is 15.0.